The highest BCUT2D eigenvalue weighted by molar-refractivity contribution is 9.10. The molecule has 0 spiro atoms. The number of carbonyl (C=O) groups excluding carboxylic acids is 3. The molecule has 2 aromatic heterocycles. The second-order valence-electron chi connectivity index (χ2n) is 8.44. The number of amides is 2. The van der Waals surface area contributed by atoms with Gasteiger partial charge in [-0.25, -0.2) is 13.4 Å². The molecule has 1 aliphatic rings. The van der Waals surface area contributed by atoms with Crippen LogP contribution < -0.4 is 10.6 Å². The number of rotatable bonds is 8. The van der Waals surface area contributed by atoms with Gasteiger partial charge in [-0.3, -0.25) is 14.4 Å². The zero-order valence-corrected chi connectivity index (χ0v) is 21.3. The Balaban J connectivity index is 1.68. The van der Waals surface area contributed by atoms with Gasteiger partial charge in [0.15, 0.2) is 21.2 Å². The number of pyridine rings is 1. The Morgan fingerprint density at radius 2 is 2.03 bits per heavy atom. The van der Waals surface area contributed by atoms with Crippen molar-refractivity contribution in [2.24, 2.45) is 5.92 Å². The quantitative estimate of drug-likeness (QED) is 0.509. The van der Waals surface area contributed by atoms with Gasteiger partial charge in [0.05, 0.1) is 12.6 Å². The predicted molar refractivity (Wildman–Crippen MR) is 126 cm³/mol. The molecular formula is C22H27BrN4O6S. The molecule has 1 aliphatic heterocycles. The lowest BCUT2D eigenvalue weighted by atomic mass is 10.0. The minimum absolute atomic E-state index is 0.0503. The maximum atomic E-state index is 13.0. The number of nitrogens with zero attached hydrogens (tertiary/aromatic N) is 2. The van der Waals surface area contributed by atoms with Crippen molar-refractivity contribution >= 4 is 43.6 Å². The molecule has 34 heavy (non-hydrogen) atoms. The number of aromatic nitrogens is 1. The van der Waals surface area contributed by atoms with E-state index >= 15 is 0 Å². The first-order valence-corrected chi connectivity index (χ1v) is 13.1. The zero-order valence-electron chi connectivity index (χ0n) is 18.9. The van der Waals surface area contributed by atoms with E-state index in [1.54, 1.807) is 18.2 Å². The van der Waals surface area contributed by atoms with Crippen LogP contribution in [0.15, 0.2) is 50.6 Å². The van der Waals surface area contributed by atoms with Crippen LogP contribution in [0.1, 0.15) is 43.7 Å². The monoisotopic (exact) mass is 554 g/mol. The van der Waals surface area contributed by atoms with Crippen molar-refractivity contribution < 1.29 is 27.2 Å². The van der Waals surface area contributed by atoms with Crippen LogP contribution in [0.2, 0.25) is 0 Å². The number of Topliss-reactive ketones (excluding diaryl/α,β-unsaturated/α-hetero) is 1. The van der Waals surface area contributed by atoms with E-state index in [9.17, 15) is 22.8 Å². The predicted octanol–water partition coefficient (Wildman–Crippen LogP) is 2.12. The normalized spacial score (nSPS) is 18.4. The van der Waals surface area contributed by atoms with Crippen LogP contribution in [-0.4, -0.2) is 60.5 Å². The molecule has 1 saturated heterocycles. The van der Waals surface area contributed by atoms with Gasteiger partial charge in [0.25, 0.3) is 15.9 Å². The molecule has 2 atom stereocenters. The number of nitrogens with one attached hydrogen (secondary N) is 2. The standard InChI is InChI=1S/C22H27BrN4O6S/c1-14(2)12-16(26-22(30)18-8-9-19(23)33-18)21(29)25-15-6-5-11-27(13-17(15)28)34(31,32)20-7-3-4-10-24-20/h3-4,7-10,14-16H,5-6,11-13H2,1-2H3,(H,25,29)(H,26,30)/t15-,16?/m0/s1. The van der Waals surface area contributed by atoms with Crippen LogP contribution in [0.3, 0.4) is 0 Å². The topological polar surface area (TPSA) is 139 Å². The Morgan fingerprint density at radius 3 is 2.65 bits per heavy atom. The molecule has 0 radical (unpaired) electrons. The van der Waals surface area contributed by atoms with Crippen molar-refractivity contribution in [1.29, 1.82) is 0 Å². The summed E-state index contributed by atoms with van der Waals surface area (Å²) in [5.41, 5.74) is 0. The fourth-order valence-corrected chi connectivity index (χ4v) is 5.31. The highest BCUT2D eigenvalue weighted by Gasteiger charge is 2.35. The number of hydrogen-bond acceptors (Lipinski definition) is 7. The smallest absolute Gasteiger partial charge is 0.287 e. The number of halogens is 1. The maximum absolute atomic E-state index is 13.0. The lowest BCUT2D eigenvalue weighted by Crippen LogP contribution is -2.52. The molecule has 2 aromatic rings. The Morgan fingerprint density at radius 1 is 1.26 bits per heavy atom. The molecule has 10 nitrogen and oxygen atoms in total. The Labute approximate surface area is 206 Å². The van der Waals surface area contributed by atoms with E-state index in [1.807, 2.05) is 13.8 Å². The van der Waals surface area contributed by atoms with Crippen LogP contribution >= 0.6 is 15.9 Å². The molecular weight excluding hydrogens is 528 g/mol. The number of furan rings is 1. The van der Waals surface area contributed by atoms with Crippen molar-refractivity contribution in [3.05, 3.63) is 47.0 Å². The van der Waals surface area contributed by atoms with Crippen LogP contribution in [0, 0.1) is 5.92 Å². The van der Waals surface area contributed by atoms with E-state index in [4.69, 9.17) is 4.42 Å². The summed E-state index contributed by atoms with van der Waals surface area (Å²) in [6.07, 6.45) is 2.39. The third-order valence-corrected chi connectivity index (χ3v) is 7.49. The number of carbonyl (C=O) groups is 3. The van der Waals surface area contributed by atoms with E-state index in [1.165, 1.54) is 18.3 Å². The van der Waals surface area contributed by atoms with E-state index in [0.717, 1.165) is 4.31 Å². The van der Waals surface area contributed by atoms with Crippen LogP contribution in [0.5, 0.6) is 0 Å². The van der Waals surface area contributed by atoms with Gasteiger partial charge in [0, 0.05) is 12.7 Å². The summed E-state index contributed by atoms with van der Waals surface area (Å²) < 4.78 is 32.5. The third kappa shape index (κ3) is 6.51. The molecule has 2 amide bonds. The average Bonchev–Trinajstić information content (AvgIpc) is 3.14. The van der Waals surface area contributed by atoms with E-state index in [-0.39, 0.29) is 36.2 Å². The highest BCUT2D eigenvalue weighted by Crippen LogP contribution is 2.18. The summed E-state index contributed by atoms with van der Waals surface area (Å²) in [4.78, 5) is 42.3. The summed E-state index contributed by atoms with van der Waals surface area (Å²) >= 11 is 3.14. The highest BCUT2D eigenvalue weighted by atomic mass is 79.9. The Bertz CT molecular complexity index is 1140. The maximum Gasteiger partial charge on any atom is 0.287 e. The zero-order chi connectivity index (χ0) is 24.9. The van der Waals surface area contributed by atoms with Crippen molar-refractivity contribution in [2.75, 3.05) is 13.1 Å². The van der Waals surface area contributed by atoms with Crippen molar-refractivity contribution in [3.8, 4) is 0 Å². The molecule has 184 valence electrons. The molecule has 1 unspecified atom stereocenters. The van der Waals surface area contributed by atoms with Crippen LogP contribution in [0.25, 0.3) is 0 Å². The average molecular weight is 555 g/mol. The van der Waals surface area contributed by atoms with Gasteiger partial charge < -0.3 is 15.1 Å². The largest absolute Gasteiger partial charge is 0.444 e. The molecule has 3 heterocycles. The SMILES string of the molecule is CC(C)CC(NC(=O)c1ccc(Br)o1)C(=O)N[C@H]1CCCN(S(=O)(=O)c2ccccn2)CC1=O. The Kier molecular flexibility index (Phi) is 8.61. The summed E-state index contributed by atoms with van der Waals surface area (Å²) in [5.74, 6) is -1.34. The first-order chi connectivity index (χ1) is 16.1. The number of hydrogen-bond donors (Lipinski definition) is 2. The summed E-state index contributed by atoms with van der Waals surface area (Å²) in [6, 6.07) is 5.85. The minimum Gasteiger partial charge on any atom is -0.444 e. The van der Waals surface area contributed by atoms with Gasteiger partial charge >= 0.3 is 0 Å². The second-order valence-corrected chi connectivity index (χ2v) is 11.1. The van der Waals surface area contributed by atoms with Crippen LogP contribution in [0.4, 0.5) is 0 Å². The Hall–Kier alpha value is -2.57. The van der Waals surface area contributed by atoms with E-state index in [2.05, 4.69) is 31.5 Å². The molecule has 0 aromatic carbocycles. The first kappa shape index (κ1) is 26.0. The summed E-state index contributed by atoms with van der Waals surface area (Å²) in [5, 5.41) is 5.24. The minimum atomic E-state index is -3.93. The van der Waals surface area contributed by atoms with Crippen molar-refractivity contribution in [3.63, 3.8) is 0 Å². The fourth-order valence-electron chi connectivity index (χ4n) is 3.63. The third-order valence-electron chi connectivity index (χ3n) is 5.31. The summed E-state index contributed by atoms with van der Waals surface area (Å²) in [6.45, 7) is 3.59. The lowest BCUT2D eigenvalue weighted by Gasteiger charge is -2.23. The van der Waals surface area contributed by atoms with Gasteiger partial charge in [-0.15, -0.1) is 0 Å². The molecule has 0 saturated carbocycles. The molecule has 1 fully saturated rings. The first-order valence-electron chi connectivity index (χ1n) is 10.9. The van der Waals surface area contributed by atoms with Gasteiger partial charge in [-0.2, -0.15) is 4.31 Å². The molecule has 0 aliphatic carbocycles. The van der Waals surface area contributed by atoms with Crippen molar-refractivity contribution in [2.45, 2.75) is 50.2 Å². The van der Waals surface area contributed by atoms with Gasteiger partial charge in [0.1, 0.15) is 6.04 Å². The summed E-state index contributed by atoms with van der Waals surface area (Å²) in [7, 11) is -3.93. The molecule has 12 heteroatoms. The number of ketones is 1. The molecule has 2 N–H and O–H groups in total. The number of sulfonamides is 1. The van der Waals surface area contributed by atoms with Gasteiger partial charge in [-0.05, 0) is 65.4 Å². The van der Waals surface area contributed by atoms with Crippen molar-refractivity contribution in [1.82, 2.24) is 19.9 Å². The van der Waals surface area contributed by atoms with Gasteiger partial charge in [0.2, 0.25) is 5.91 Å². The fraction of sp³-hybridized carbons (Fsp3) is 0.455. The molecule has 3 rings (SSSR count). The van der Waals surface area contributed by atoms with E-state index < -0.39 is 39.7 Å². The second kappa shape index (κ2) is 11.2. The molecule has 0 bridgehead atoms. The van der Waals surface area contributed by atoms with Crippen LogP contribution in [-0.2, 0) is 19.6 Å². The lowest BCUT2D eigenvalue weighted by molar-refractivity contribution is -0.129. The van der Waals surface area contributed by atoms with E-state index in [0.29, 0.717) is 17.5 Å². The van der Waals surface area contributed by atoms with Gasteiger partial charge in [-0.1, -0.05) is 19.9 Å².